The maximum atomic E-state index is 5.34. The summed E-state index contributed by atoms with van der Waals surface area (Å²) in [5.41, 5.74) is 6.47. The third-order valence-electron chi connectivity index (χ3n) is 5.06. The summed E-state index contributed by atoms with van der Waals surface area (Å²) in [5.74, 6) is 0.958. The molecule has 2 aromatic rings. The first-order valence-electron chi connectivity index (χ1n) is 8.51. The Morgan fingerprint density at radius 1 is 0.773 bits per heavy atom. The molecule has 1 nitrogen and oxygen atoms in total. The molecule has 0 aliphatic heterocycles. The molecule has 0 fully saturated rings. The van der Waals surface area contributed by atoms with Gasteiger partial charge in [-0.2, -0.15) is 0 Å². The molecular formula is C20H23OSe+. The molecule has 2 heteroatoms. The molecule has 1 aromatic carbocycles. The van der Waals surface area contributed by atoms with Gasteiger partial charge >= 0.3 is 139 Å². The van der Waals surface area contributed by atoms with Crippen LogP contribution in [0.15, 0.2) is 24.3 Å². The molecule has 0 bridgehead atoms. The average Bonchev–Trinajstić information content (AvgIpc) is 2.60. The fourth-order valence-corrected chi connectivity index (χ4v) is 6.98. The molecule has 114 valence electrons. The van der Waals surface area contributed by atoms with E-state index in [1.54, 1.807) is 23.8 Å². The van der Waals surface area contributed by atoms with Gasteiger partial charge in [-0.05, 0) is 0 Å². The first-order chi connectivity index (χ1) is 10.9. The second kappa shape index (κ2) is 6.18. The van der Waals surface area contributed by atoms with Gasteiger partial charge in [-0.3, -0.25) is 0 Å². The molecule has 0 saturated heterocycles. The molecule has 22 heavy (non-hydrogen) atoms. The quantitative estimate of drug-likeness (QED) is 0.721. The number of hydrogen-bond acceptors (Lipinski definition) is 1. The summed E-state index contributed by atoms with van der Waals surface area (Å²) in [5, 5.41) is 0. The summed E-state index contributed by atoms with van der Waals surface area (Å²) in [6.45, 7) is 0. The Hall–Kier alpha value is -1.11. The van der Waals surface area contributed by atoms with Gasteiger partial charge in [0, 0.05) is 0 Å². The molecule has 1 heterocycles. The normalized spacial score (nSPS) is 16.8. The van der Waals surface area contributed by atoms with Crippen LogP contribution in [0.2, 0.25) is 0 Å². The summed E-state index contributed by atoms with van der Waals surface area (Å²) in [4.78, 5) is 0. The summed E-state index contributed by atoms with van der Waals surface area (Å²) >= 11 is 0.654. The number of ether oxygens (including phenoxy) is 1. The third kappa shape index (κ3) is 2.53. The van der Waals surface area contributed by atoms with Gasteiger partial charge in [0.1, 0.15) is 0 Å². The van der Waals surface area contributed by atoms with Crippen LogP contribution in [0.25, 0.3) is 11.1 Å². The van der Waals surface area contributed by atoms with Crippen molar-refractivity contribution in [1.29, 1.82) is 0 Å². The van der Waals surface area contributed by atoms with Crippen LogP contribution in [0.1, 0.15) is 45.7 Å². The first kappa shape index (κ1) is 14.5. The SMILES string of the molecule is COc1ccc(-c2c3c([se+]c4c2CCCC4)CCCC3)cc1. The molecule has 1 aromatic heterocycles. The second-order valence-corrected chi connectivity index (χ2v) is 8.92. The fourth-order valence-electron chi connectivity index (χ4n) is 3.95. The molecule has 0 N–H and O–H groups in total. The van der Waals surface area contributed by atoms with Gasteiger partial charge in [0.25, 0.3) is 0 Å². The van der Waals surface area contributed by atoms with E-state index in [-0.39, 0.29) is 0 Å². The van der Waals surface area contributed by atoms with E-state index in [0.29, 0.717) is 14.5 Å². The Morgan fingerprint density at radius 2 is 1.32 bits per heavy atom. The Kier molecular flexibility index (Phi) is 4.07. The Labute approximate surface area is 139 Å². The minimum atomic E-state index is 0.654. The van der Waals surface area contributed by atoms with Gasteiger partial charge in [0.05, 0.1) is 0 Å². The van der Waals surface area contributed by atoms with Crippen LogP contribution < -0.4 is 4.74 Å². The predicted octanol–water partition coefficient (Wildman–Crippen LogP) is 4.46. The van der Waals surface area contributed by atoms with E-state index in [1.165, 1.54) is 56.9 Å². The first-order valence-corrected chi connectivity index (χ1v) is 10.2. The summed E-state index contributed by atoms with van der Waals surface area (Å²) < 4.78 is 8.96. The number of hydrogen-bond donors (Lipinski definition) is 0. The van der Waals surface area contributed by atoms with Gasteiger partial charge in [0.2, 0.25) is 0 Å². The van der Waals surface area contributed by atoms with Crippen LogP contribution in [-0.4, -0.2) is 21.6 Å². The molecule has 0 saturated carbocycles. The van der Waals surface area contributed by atoms with E-state index < -0.39 is 0 Å². The third-order valence-corrected chi connectivity index (χ3v) is 7.99. The van der Waals surface area contributed by atoms with Crippen molar-refractivity contribution in [3.8, 4) is 16.9 Å². The average molecular weight is 358 g/mol. The van der Waals surface area contributed by atoms with Crippen LogP contribution in [0.5, 0.6) is 5.75 Å². The van der Waals surface area contributed by atoms with Crippen molar-refractivity contribution in [2.45, 2.75) is 51.4 Å². The molecule has 2 aliphatic rings. The van der Waals surface area contributed by atoms with Crippen molar-refractivity contribution < 1.29 is 4.74 Å². The van der Waals surface area contributed by atoms with Crippen molar-refractivity contribution in [2.75, 3.05) is 7.11 Å². The Morgan fingerprint density at radius 3 is 1.86 bits per heavy atom. The monoisotopic (exact) mass is 359 g/mol. The molecular weight excluding hydrogens is 335 g/mol. The van der Waals surface area contributed by atoms with E-state index in [9.17, 15) is 0 Å². The van der Waals surface area contributed by atoms with E-state index >= 15 is 0 Å². The molecule has 0 radical (unpaired) electrons. The molecule has 0 spiro atoms. The number of fused-ring (bicyclic) bond motifs is 2. The van der Waals surface area contributed by atoms with Gasteiger partial charge in [-0.1, -0.05) is 0 Å². The van der Waals surface area contributed by atoms with Gasteiger partial charge < -0.3 is 0 Å². The van der Waals surface area contributed by atoms with Crippen LogP contribution >= 0.6 is 0 Å². The molecule has 4 rings (SSSR count). The van der Waals surface area contributed by atoms with Crippen LogP contribution in [-0.2, 0) is 25.7 Å². The van der Waals surface area contributed by atoms with Gasteiger partial charge in [-0.15, -0.1) is 0 Å². The number of methoxy groups -OCH3 is 1. The number of aryl methyl sites for hydroxylation is 2. The molecule has 2 aliphatic carbocycles. The topological polar surface area (TPSA) is 9.23 Å². The van der Waals surface area contributed by atoms with E-state index in [0.717, 1.165) is 5.75 Å². The summed E-state index contributed by atoms with van der Waals surface area (Å²) in [6, 6.07) is 8.78. The van der Waals surface area contributed by atoms with Crippen LogP contribution in [0.4, 0.5) is 0 Å². The summed E-state index contributed by atoms with van der Waals surface area (Å²) in [7, 11) is 1.74. The zero-order valence-corrected chi connectivity index (χ0v) is 15.0. The molecule has 0 unspecified atom stereocenters. The summed E-state index contributed by atoms with van der Waals surface area (Å²) in [6.07, 6.45) is 10.9. The van der Waals surface area contributed by atoms with Crippen molar-refractivity contribution in [2.24, 2.45) is 0 Å². The van der Waals surface area contributed by atoms with Crippen LogP contribution in [0.3, 0.4) is 0 Å². The zero-order chi connectivity index (χ0) is 14.9. The standard InChI is InChI=1S/C20H23OSe/c1-21-15-12-10-14(11-13-15)20-16-6-2-4-8-18(16)22-19-9-5-3-7-17(19)20/h10-13H,2-9H2,1H3/q+1. The Balaban J connectivity index is 1.91. The van der Waals surface area contributed by atoms with E-state index in [4.69, 9.17) is 4.74 Å². The van der Waals surface area contributed by atoms with E-state index in [1.807, 2.05) is 8.87 Å². The fraction of sp³-hybridized carbons (Fsp3) is 0.450. The predicted molar refractivity (Wildman–Crippen MR) is 93.1 cm³/mol. The number of rotatable bonds is 2. The maximum absolute atomic E-state index is 5.34. The van der Waals surface area contributed by atoms with Gasteiger partial charge in [-0.25, -0.2) is 0 Å². The van der Waals surface area contributed by atoms with E-state index in [2.05, 4.69) is 24.3 Å². The van der Waals surface area contributed by atoms with Gasteiger partial charge in [0.15, 0.2) is 0 Å². The second-order valence-electron chi connectivity index (χ2n) is 6.42. The van der Waals surface area contributed by atoms with Crippen molar-refractivity contribution in [3.05, 3.63) is 44.3 Å². The van der Waals surface area contributed by atoms with Crippen molar-refractivity contribution >= 4 is 14.5 Å². The molecule has 0 amide bonds. The van der Waals surface area contributed by atoms with Crippen molar-refractivity contribution in [3.63, 3.8) is 0 Å². The number of benzene rings is 1. The van der Waals surface area contributed by atoms with Crippen LogP contribution in [0, 0.1) is 0 Å². The zero-order valence-electron chi connectivity index (χ0n) is 13.3. The minimum absolute atomic E-state index is 0.654. The Bertz CT molecular complexity index is 654. The van der Waals surface area contributed by atoms with Crippen molar-refractivity contribution in [1.82, 2.24) is 0 Å². The molecule has 0 atom stereocenters.